The van der Waals surface area contributed by atoms with Crippen molar-refractivity contribution in [2.75, 3.05) is 31.5 Å². The first-order valence-electron chi connectivity index (χ1n) is 9.84. The van der Waals surface area contributed by atoms with Gasteiger partial charge < -0.3 is 15.0 Å². The number of anilines is 1. The van der Waals surface area contributed by atoms with Crippen molar-refractivity contribution in [1.29, 1.82) is 0 Å². The topological polar surface area (TPSA) is 96.0 Å². The first-order chi connectivity index (χ1) is 14.7. The molecule has 2 aliphatic heterocycles. The summed E-state index contributed by atoms with van der Waals surface area (Å²) in [4.78, 5) is 26.0. The molecule has 2 aromatic rings. The van der Waals surface area contributed by atoms with Crippen molar-refractivity contribution in [3.05, 3.63) is 52.5 Å². The van der Waals surface area contributed by atoms with E-state index in [-0.39, 0.29) is 53.7 Å². The molecule has 1 fully saturated rings. The van der Waals surface area contributed by atoms with E-state index in [1.807, 2.05) is 19.1 Å². The Balaban J connectivity index is 1.51. The van der Waals surface area contributed by atoms with E-state index in [0.29, 0.717) is 11.3 Å². The summed E-state index contributed by atoms with van der Waals surface area (Å²) in [6, 6.07) is 10.0. The van der Waals surface area contributed by atoms with Crippen molar-refractivity contribution < 1.29 is 22.7 Å². The second kappa shape index (κ2) is 8.14. The summed E-state index contributed by atoms with van der Waals surface area (Å²) in [6.07, 6.45) is -0.736. The molecule has 2 aromatic carbocycles. The summed E-state index contributed by atoms with van der Waals surface area (Å²) in [7, 11) is -3.91. The molecule has 2 amide bonds. The molecule has 31 heavy (non-hydrogen) atoms. The highest BCUT2D eigenvalue weighted by Gasteiger charge is 2.34. The lowest BCUT2D eigenvalue weighted by atomic mass is 10.1. The molecule has 164 valence electrons. The van der Waals surface area contributed by atoms with Crippen LogP contribution in [0.3, 0.4) is 0 Å². The van der Waals surface area contributed by atoms with Gasteiger partial charge in [0.25, 0.3) is 11.8 Å². The van der Waals surface area contributed by atoms with Gasteiger partial charge in [0.2, 0.25) is 10.0 Å². The van der Waals surface area contributed by atoms with Crippen molar-refractivity contribution in [1.82, 2.24) is 9.21 Å². The van der Waals surface area contributed by atoms with Gasteiger partial charge in [0, 0.05) is 37.8 Å². The van der Waals surface area contributed by atoms with Crippen LogP contribution in [0.1, 0.15) is 22.8 Å². The number of piperazine rings is 1. The van der Waals surface area contributed by atoms with E-state index in [9.17, 15) is 18.0 Å². The molecule has 0 saturated carbocycles. The Labute approximate surface area is 185 Å². The number of hydrogen-bond donors (Lipinski definition) is 1. The Morgan fingerprint density at radius 1 is 1.13 bits per heavy atom. The molecule has 0 bridgehead atoms. The summed E-state index contributed by atoms with van der Waals surface area (Å²) >= 11 is 6.24. The fraction of sp³-hybridized carbons (Fsp3) is 0.333. The lowest BCUT2D eigenvalue weighted by Crippen LogP contribution is -2.50. The van der Waals surface area contributed by atoms with Crippen molar-refractivity contribution in [3.8, 4) is 5.75 Å². The maximum Gasteiger partial charge on any atom is 0.265 e. The standard InChI is InChI=1S/C21H22ClN3O5S/c1-13-3-5-15(6-4-13)21(27)24-7-9-25(10-8-24)31(28,29)19-12-18-17(11-16(19)22)23-20(26)14(2)30-18/h3-6,11-12,14H,7-10H2,1-2H3,(H,23,26)/t14-/m1/s1. The van der Waals surface area contributed by atoms with E-state index in [1.165, 1.54) is 16.4 Å². The van der Waals surface area contributed by atoms with E-state index in [2.05, 4.69) is 5.32 Å². The van der Waals surface area contributed by atoms with Gasteiger partial charge in [0.1, 0.15) is 10.6 Å². The van der Waals surface area contributed by atoms with Crippen LogP contribution in [0, 0.1) is 6.92 Å². The molecular formula is C21H22ClN3O5S. The molecule has 0 unspecified atom stereocenters. The van der Waals surface area contributed by atoms with E-state index >= 15 is 0 Å². The van der Waals surface area contributed by atoms with Crippen LogP contribution in [0.2, 0.25) is 5.02 Å². The van der Waals surface area contributed by atoms with Gasteiger partial charge in [-0.25, -0.2) is 8.42 Å². The van der Waals surface area contributed by atoms with Gasteiger partial charge in [-0.3, -0.25) is 9.59 Å². The normalized spacial score (nSPS) is 19.4. The molecule has 2 aliphatic rings. The Hall–Kier alpha value is -2.62. The first kappa shape index (κ1) is 21.6. The number of hydrogen-bond acceptors (Lipinski definition) is 5. The number of carbonyl (C=O) groups is 2. The van der Waals surface area contributed by atoms with E-state index in [4.69, 9.17) is 16.3 Å². The van der Waals surface area contributed by atoms with Gasteiger partial charge in [-0.1, -0.05) is 29.3 Å². The second-order valence-electron chi connectivity index (χ2n) is 7.59. The van der Waals surface area contributed by atoms with Crippen molar-refractivity contribution >= 4 is 39.1 Å². The van der Waals surface area contributed by atoms with Crippen LogP contribution in [-0.4, -0.2) is 61.7 Å². The molecule has 1 atom stereocenters. The minimum atomic E-state index is -3.91. The number of sulfonamides is 1. The van der Waals surface area contributed by atoms with Gasteiger partial charge in [0.15, 0.2) is 6.10 Å². The van der Waals surface area contributed by atoms with Gasteiger partial charge in [-0.15, -0.1) is 0 Å². The number of nitrogens with zero attached hydrogens (tertiary/aromatic N) is 2. The second-order valence-corrected chi connectivity index (χ2v) is 9.90. The van der Waals surface area contributed by atoms with Gasteiger partial charge in [0.05, 0.1) is 10.7 Å². The largest absolute Gasteiger partial charge is 0.479 e. The molecule has 8 nitrogen and oxygen atoms in total. The number of nitrogens with one attached hydrogen (secondary N) is 1. The smallest absolute Gasteiger partial charge is 0.265 e. The Bertz CT molecular complexity index is 1140. The number of ether oxygens (including phenoxy) is 1. The van der Waals surface area contributed by atoms with Crippen LogP contribution in [0.5, 0.6) is 5.75 Å². The molecule has 4 rings (SSSR count). The average molecular weight is 464 g/mol. The number of fused-ring (bicyclic) bond motifs is 1. The number of rotatable bonds is 3. The van der Waals surface area contributed by atoms with Crippen LogP contribution in [-0.2, 0) is 14.8 Å². The third-order valence-corrected chi connectivity index (χ3v) is 7.77. The molecule has 0 aromatic heterocycles. The maximum absolute atomic E-state index is 13.2. The monoisotopic (exact) mass is 463 g/mol. The minimum Gasteiger partial charge on any atom is -0.479 e. The van der Waals surface area contributed by atoms with E-state index < -0.39 is 16.1 Å². The molecule has 0 aliphatic carbocycles. The third kappa shape index (κ3) is 4.13. The van der Waals surface area contributed by atoms with E-state index in [1.54, 1.807) is 24.0 Å². The van der Waals surface area contributed by atoms with Crippen LogP contribution in [0.25, 0.3) is 0 Å². The van der Waals surface area contributed by atoms with Gasteiger partial charge in [-0.05, 0) is 32.0 Å². The Morgan fingerprint density at radius 2 is 1.77 bits per heavy atom. The van der Waals surface area contributed by atoms with Crippen LogP contribution < -0.4 is 10.1 Å². The number of carbonyl (C=O) groups excluding carboxylic acids is 2. The number of benzene rings is 2. The van der Waals surface area contributed by atoms with Crippen molar-refractivity contribution in [3.63, 3.8) is 0 Å². The Kier molecular flexibility index (Phi) is 5.67. The first-order valence-corrected chi connectivity index (χ1v) is 11.7. The maximum atomic E-state index is 13.2. The summed E-state index contributed by atoms with van der Waals surface area (Å²) in [5.41, 5.74) is 1.97. The lowest BCUT2D eigenvalue weighted by molar-refractivity contribution is -0.122. The zero-order chi connectivity index (χ0) is 22.3. The predicted octanol–water partition coefficient (Wildman–Crippen LogP) is 2.51. The fourth-order valence-electron chi connectivity index (χ4n) is 3.56. The molecule has 1 N–H and O–H groups in total. The summed E-state index contributed by atoms with van der Waals surface area (Å²) in [5, 5.41) is 2.64. The van der Waals surface area contributed by atoms with Crippen LogP contribution >= 0.6 is 11.6 Å². The molecular weight excluding hydrogens is 442 g/mol. The number of halogens is 1. The van der Waals surface area contributed by atoms with Crippen LogP contribution in [0.4, 0.5) is 5.69 Å². The highest BCUT2D eigenvalue weighted by Crippen LogP contribution is 2.38. The highest BCUT2D eigenvalue weighted by molar-refractivity contribution is 7.89. The van der Waals surface area contributed by atoms with Gasteiger partial charge in [-0.2, -0.15) is 4.31 Å². The average Bonchev–Trinajstić information content (AvgIpc) is 2.74. The third-order valence-electron chi connectivity index (χ3n) is 5.41. The zero-order valence-electron chi connectivity index (χ0n) is 17.1. The highest BCUT2D eigenvalue weighted by atomic mass is 35.5. The van der Waals surface area contributed by atoms with Gasteiger partial charge >= 0.3 is 0 Å². The fourth-order valence-corrected chi connectivity index (χ4v) is 5.49. The predicted molar refractivity (Wildman–Crippen MR) is 116 cm³/mol. The molecule has 1 saturated heterocycles. The van der Waals surface area contributed by atoms with Crippen LogP contribution in [0.15, 0.2) is 41.3 Å². The molecule has 0 radical (unpaired) electrons. The lowest BCUT2D eigenvalue weighted by Gasteiger charge is -2.34. The van der Waals surface area contributed by atoms with Crippen molar-refractivity contribution in [2.45, 2.75) is 24.8 Å². The molecule has 2 heterocycles. The summed E-state index contributed by atoms with van der Waals surface area (Å²) in [6.45, 7) is 4.38. The number of amides is 2. The minimum absolute atomic E-state index is 0.00429. The summed E-state index contributed by atoms with van der Waals surface area (Å²) < 4.78 is 33.3. The SMILES string of the molecule is Cc1ccc(C(=O)N2CCN(S(=O)(=O)c3cc4c(cc3Cl)NC(=O)[C@@H](C)O4)CC2)cc1. The quantitative estimate of drug-likeness (QED) is 0.754. The molecule has 0 spiro atoms. The zero-order valence-corrected chi connectivity index (χ0v) is 18.7. The van der Waals surface area contributed by atoms with E-state index in [0.717, 1.165) is 5.56 Å². The summed E-state index contributed by atoms with van der Waals surface area (Å²) in [5.74, 6) is -0.196. The van der Waals surface area contributed by atoms with Crippen molar-refractivity contribution in [2.24, 2.45) is 0 Å². The number of aryl methyl sites for hydroxylation is 1. The molecule has 10 heteroatoms. The Morgan fingerprint density at radius 3 is 2.42 bits per heavy atom.